The lowest BCUT2D eigenvalue weighted by Gasteiger charge is -2.30. The fourth-order valence-corrected chi connectivity index (χ4v) is 4.07. The first kappa shape index (κ1) is 24.1. The smallest absolute Gasteiger partial charge is 0.395 e. The molecule has 6 nitrogen and oxygen atoms in total. The average Bonchev–Trinajstić information content (AvgIpc) is 3.17. The van der Waals surface area contributed by atoms with Crippen LogP contribution < -0.4 is 5.32 Å². The number of hydrogen-bond acceptors (Lipinski definition) is 5. The normalized spacial score (nSPS) is 23.3. The molecule has 11 heteroatoms. The summed E-state index contributed by atoms with van der Waals surface area (Å²) in [5.74, 6) is -0.856. The number of hydrogen-bond donors (Lipinski definition) is 1. The van der Waals surface area contributed by atoms with Gasteiger partial charge in [0.15, 0.2) is 0 Å². The van der Waals surface area contributed by atoms with Gasteiger partial charge in [0.1, 0.15) is 12.9 Å². The van der Waals surface area contributed by atoms with Crippen LogP contribution in [0.2, 0.25) is 10.0 Å². The quantitative estimate of drug-likeness (QED) is 0.325. The molecule has 3 rings (SSSR count). The molecule has 0 saturated carbocycles. The Morgan fingerprint density at radius 1 is 1.38 bits per heavy atom. The molecule has 0 saturated heterocycles. The standard InChI is InChI=1S/C21H20Cl2F3N3O3/c1-3-31-28-11-27-19(30)17-5-4-13(6-12(17)2)18-10-20(32-29-18,21(24,25)26)14-7-15(22)9-16(23)8-14/h4-5,7-9,11,13H,3,6,10H2,1-2H3,(H,27,28,30). The maximum Gasteiger partial charge on any atom is 0.435 e. The van der Waals surface area contributed by atoms with Crippen molar-refractivity contribution in [1.82, 2.24) is 5.32 Å². The molecular weight excluding hydrogens is 470 g/mol. The number of oxime groups is 2. The third-order valence-electron chi connectivity index (χ3n) is 5.14. The number of rotatable bonds is 6. The van der Waals surface area contributed by atoms with Crippen molar-refractivity contribution in [3.05, 3.63) is 57.1 Å². The molecule has 2 unspecified atom stereocenters. The molecule has 1 heterocycles. The second-order valence-electron chi connectivity index (χ2n) is 7.32. The van der Waals surface area contributed by atoms with E-state index >= 15 is 0 Å². The number of allylic oxidation sites excluding steroid dienone is 2. The number of nitrogens with one attached hydrogen (secondary N) is 1. The summed E-state index contributed by atoms with van der Waals surface area (Å²) in [6, 6.07) is 3.69. The number of nitrogens with zero attached hydrogens (tertiary/aromatic N) is 2. The molecule has 0 aromatic heterocycles. The van der Waals surface area contributed by atoms with Crippen molar-refractivity contribution in [1.29, 1.82) is 0 Å². The Morgan fingerprint density at radius 3 is 2.66 bits per heavy atom. The summed E-state index contributed by atoms with van der Waals surface area (Å²) in [4.78, 5) is 22.1. The molecular formula is C21H20Cl2F3N3O3. The van der Waals surface area contributed by atoms with E-state index in [9.17, 15) is 18.0 Å². The van der Waals surface area contributed by atoms with Crippen molar-refractivity contribution >= 4 is 41.2 Å². The highest BCUT2D eigenvalue weighted by Gasteiger charge is 2.62. The molecule has 0 fully saturated rings. The average molecular weight is 490 g/mol. The van der Waals surface area contributed by atoms with Gasteiger partial charge in [-0.2, -0.15) is 13.2 Å². The van der Waals surface area contributed by atoms with E-state index in [1.165, 1.54) is 18.2 Å². The molecule has 32 heavy (non-hydrogen) atoms. The Kier molecular flexibility index (Phi) is 7.19. The number of benzene rings is 1. The minimum Gasteiger partial charge on any atom is -0.395 e. The molecule has 1 aromatic carbocycles. The summed E-state index contributed by atoms with van der Waals surface area (Å²) in [7, 11) is 0. The Morgan fingerprint density at radius 2 is 2.06 bits per heavy atom. The lowest BCUT2D eigenvalue weighted by atomic mass is 9.81. The van der Waals surface area contributed by atoms with Crippen LogP contribution in [0.4, 0.5) is 13.2 Å². The van der Waals surface area contributed by atoms with E-state index in [1.807, 2.05) is 0 Å². The van der Waals surface area contributed by atoms with E-state index in [1.54, 1.807) is 26.0 Å². The summed E-state index contributed by atoms with van der Waals surface area (Å²) < 4.78 is 42.4. The molecule has 172 valence electrons. The molecule has 1 N–H and O–H groups in total. The minimum atomic E-state index is -4.76. The van der Waals surface area contributed by atoms with Crippen molar-refractivity contribution < 1.29 is 27.6 Å². The van der Waals surface area contributed by atoms with Gasteiger partial charge in [0.25, 0.3) is 11.5 Å². The van der Waals surface area contributed by atoms with Gasteiger partial charge < -0.3 is 15.0 Å². The molecule has 0 radical (unpaired) electrons. The lowest BCUT2D eigenvalue weighted by Crippen LogP contribution is -2.43. The number of halogens is 5. The van der Waals surface area contributed by atoms with Gasteiger partial charge in [-0.05, 0) is 38.5 Å². The summed E-state index contributed by atoms with van der Waals surface area (Å²) in [5.41, 5.74) is -1.60. The molecule has 1 aromatic rings. The number of carbonyl (C=O) groups excluding carboxylic acids is 1. The van der Waals surface area contributed by atoms with Crippen LogP contribution in [-0.4, -0.2) is 30.7 Å². The minimum absolute atomic E-state index is 0.0630. The van der Waals surface area contributed by atoms with E-state index in [2.05, 4.69) is 15.6 Å². The molecule has 1 amide bonds. The fourth-order valence-electron chi connectivity index (χ4n) is 3.55. The van der Waals surface area contributed by atoms with Crippen LogP contribution in [0.15, 0.2) is 51.8 Å². The summed E-state index contributed by atoms with van der Waals surface area (Å²) >= 11 is 11.9. The Bertz CT molecular complexity index is 1000. The molecule has 0 bridgehead atoms. The predicted molar refractivity (Wildman–Crippen MR) is 116 cm³/mol. The van der Waals surface area contributed by atoms with Crippen LogP contribution in [0.25, 0.3) is 0 Å². The van der Waals surface area contributed by atoms with Crippen molar-refractivity contribution in [3.8, 4) is 0 Å². The Labute approximate surface area is 192 Å². The Hall–Kier alpha value is -2.52. The highest BCUT2D eigenvalue weighted by atomic mass is 35.5. The highest BCUT2D eigenvalue weighted by molar-refractivity contribution is 6.34. The second kappa shape index (κ2) is 9.54. The van der Waals surface area contributed by atoms with Gasteiger partial charge in [0, 0.05) is 33.5 Å². The van der Waals surface area contributed by atoms with E-state index in [4.69, 9.17) is 32.9 Å². The van der Waals surface area contributed by atoms with Gasteiger partial charge in [0.2, 0.25) is 0 Å². The molecule has 1 aliphatic carbocycles. The first-order valence-corrected chi connectivity index (χ1v) is 10.4. The maximum absolute atomic E-state index is 14.1. The van der Waals surface area contributed by atoms with E-state index in [0.717, 1.165) is 6.34 Å². The van der Waals surface area contributed by atoms with Crippen molar-refractivity contribution in [3.63, 3.8) is 0 Å². The first-order chi connectivity index (χ1) is 15.1. The SMILES string of the molecule is CCO/N=C\NC(=O)C1=C(C)CC(C2=NOC(c3cc(Cl)cc(Cl)c3)(C(F)(F)F)C2)C=C1. The summed E-state index contributed by atoms with van der Waals surface area (Å²) in [5, 5.41) is 9.93. The second-order valence-corrected chi connectivity index (χ2v) is 8.20. The van der Waals surface area contributed by atoms with Crippen LogP contribution in [0, 0.1) is 5.92 Å². The monoisotopic (exact) mass is 489 g/mol. The molecule has 2 atom stereocenters. The topological polar surface area (TPSA) is 72.3 Å². The molecule has 0 spiro atoms. The number of carbonyl (C=O) groups is 1. The summed E-state index contributed by atoms with van der Waals surface area (Å²) in [6.07, 6.45) is -0.636. The van der Waals surface area contributed by atoms with Crippen molar-refractivity contribution in [2.75, 3.05) is 6.61 Å². The maximum atomic E-state index is 14.1. The summed E-state index contributed by atoms with van der Waals surface area (Å²) in [6.45, 7) is 3.84. The van der Waals surface area contributed by atoms with E-state index in [-0.39, 0.29) is 21.3 Å². The van der Waals surface area contributed by atoms with Crippen LogP contribution >= 0.6 is 23.2 Å². The Balaban J connectivity index is 1.78. The largest absolute Gasteiger partial charge is 0.435 e. The van der Waals surface area contributed by atoms with Gasteiger partial charge in [-0.1, -0.05) is 51.2 Å². The molecule has 2 aliphatic rings. The third kappa shape index (κ3) is 4.94. The fraction of sp³-hybridized carbons (Fsp3) is 0.381. The predicted octanol–water partition coefficient (Wildman–Crippen LogP) is 5.52. The highest BCUT2D eigenvalue weighted by Crippen LogP contribution is 2.50. The zero-order chi connectivity index (χ0) is 23.5. The van der Waals surface area contributed by atoms with Crippen molar-refractivity contribution in [2.45, 2.75) is 38.5 Å². The van der Waals surface area contributed by atoms with E-state index in [0.29, 0.717) is 24.2 Å². The van der Waals surface area contributed by atoms with Crippen LogP contribution in [0.1, 0.15) is 32.3 Å². The van der Waals surface area contributed by atoms with Gasteiger partial charge in [0.05, 0.1) is 5.71 Å². The van der Waals surface area contributed by atoms with Gasteiger partial charge in [-0.25, -0.2) is 0 Å². The zero-order valence-electron chi connectivity index (χ0n) is 17.2. The van der Waals surface area contributed by atoms with Gasteiger partial charge in [-0.15, -0.1) is 0 Å². The van der Waals surface area contributed by atoms with Crippen molar-refractivity contribution in [2.24, 2.45) is 16.2 Å². The van der Waals surface area contributed by atoms with Crippen LogP contribution in [0.5, 0.6) is 0 Å². The van der Waals surface area contributed by atoms with Gasteiger partial charge in [-0.3, -0.25) is 4.79 Å². The first-order valence-electron chi connectivity index (χ1n) is 9.68. The van der Waals surface area contributed by atoms with Gasteiger partial charge >= 0.3 is 6.18 Å². The van der Waals surface area contributed by atoms with E-state index < -0.39 is 30.0 Å². The number of alkyl halides is 3. The van der Waals surface area contributed by atoms with Crippen LogP contribution in [0.3, 0.4) is 0 Å². The molecule has 1 aliphatic heterocycles. The lowest BCUT2D eigenvalue weighted by molar-refractivity contribution is -0.275. The zero-order valence-corrected chi connectivity index (χ0v) is 18.7. The van der Waals surface area contributed by atoms with Crippen LogP contribution in [-0.2, 0) is 20.1 Å². The third-order valence-corrected chi connectivity index (χ3v) is 5.58. The number of amides is 1.